The minimum absolute atomic E-state index is 0.0583. The lowest BCUT2D eigenvalue weighted by Gasteiger charge is -2.57. The molecule has 27 heavy (non-hydrogen) atoms. The van der Waals surface area contributed by atoms with Crippen LogP contribution in [0, 0.1) is 23.2 Å². The molecule has 0 aromatic heterocycles. The van der Waals surface area contributed by atoms with Gasteiger partial charge in [0.2, 0.25) is 11.8 Å². The summed E-state index contributed by atoms with van der Waals surface area (Å²) in [4.78, 5) is 24.5. The van der Waals surface area contributed by atoms with Gasteiger partial charge in [-0.3, -0.25) is 9.59 Å². The van der Waals surface area contributed by atoms with Crippen LogP contribution in [0.3, 0.4) is 0 Å². The van der Waals surface area contributed by atoms with Crippen LogP contribution in [0.15, 0.2) is 35.9 Å². The Morgan fingerprint density at radius 3 is 2.26 bits per heavy atom. The highest BCUT2D eigenvalue weighted by atomic mass is 16.2. The average Bonchev–Trinajstić information content (AvgIpc) is 2.62. The van der Waals surface area contributed by atoms with Crippen LogP contribution >= 0.6 is 0 Å². The van der Waals surface area contributed by atoms with Gasteiger partial charge in [-0.2, -0.15) is 0 Å². The Morgan fingerprint density at radius 1 is 1.07 bits per heavy atom. The number of carbonyl (C=O) groups is 2. The molecule has 4 saturated carbocycles. The fraction of sp³-hybridized carbons (Fsp3) is 0.565. The van der Waals surface area contributed by atoms with Gasteiger partial charge in [0.1, 0.15) is 0 Å². The Bertz CT molecular complexity index is 745. The third-order valence-corrected chi connectivity index (χ3v) is 7.13. The molecule has 0 radical (unpaired) electrons. The summed E-state index contributed by atoms with van der Waals surface area (Å²) in [6.07, 6.45) is 10.1. The number of hydrogen-bond donors (Lipinski definition) is 2. The number of rotatable bonds is 5. The Hall–Kier alpha value is -2.10. The van der Waals surface area contributed by atoms with Crippen molar-refractivity contribution < 1.29 is 9.59 Å². The molecule has 4 nitrogen and oxygen atoms in total. The highest BCUT2D eigenvalue weighted by molar-refractivity contribution is 6.00. The first-order valence-corrected chi connectivity index (χ1v) is 10.3. The number of allylic oxidation sites excluding steroid dienone is 1. The van der Waals surface area contributed by atoms with E-state index in [9.17, 15) is 9.59 Å². The van der Waals surface area contributed by atoms with E-state index in [-0.39, 0.29) is 23.7 Å². The maximum Gasteiger partial charge on any atom is 0.248 e. The molecular weight excluding hydrogens is 336 g/mol. The van der Waals surface area contributed by atoms with Crippen molar-refractivity contribution in [2.24, 2.45) is 23.2 Å². The lowest BCUT2D eigenvalue weighted by Crippen LogP contribution is -2.46. The molecule has 0 atom stereocenters. The van der Waals surface area contributed by atoms with Crippen molar-refractivity contribution in [1.82, 2.24) is 5.32 Å². The highest BCUT2D eigenvalue weighted by Gasteiger charge is 2.51. The zero-order valence-electron chi connectivity index (χ0n) is 16.4. The molecule has 144 valence electrons. The van der Waals surface area contributed by atoms with Crippen molar-refractivity contribution >= 4 is 17.5 Å². The second-order valence-electron chi connectivity index (χ2n) is 9.02. The van der Waals surface area contributed by atoms with Gasteiger partial charge in [-0.15, -0.1) is 0 Å². The van der Waals surface area contributed by atoms with Crippen LogP contribution in [0.1, 0.15) is 51.0 Å². The lowest BCUT2D eigenvalue weighted by molar-refractivity contribution is -0.120. The fourth-order valence-corrected chi connectivity index (χ4v) is 6.17. The molecule has 5 rings (SSSR count). The maximum atomic E-state index is 12.7. The summed E-state index contributed by atoms with van der Waals surface area (Å²) in [5, 5.41) is 5.64. The van der Waals surface area contributed by atoms with Gasteiger partial charge in [0.25, 0.3) is 0 Å². The van der Waals surface area contributed by atoms with Gasteiger partial charge in [-0.1, -0.05) is 23.8 Å². The quantitative estimate of drug-likeness (QED) is 0.772. The first-order chi connectivity index (χ1) is 13.0. The van der Waals surface area contributed by atoms with Crippen molar-refractivity contribution in [3.63, 3.8) is 0 Å². The summed E-state index contributed by atoms with van der Waals surface area (Å²) < 4.78 is 0. The Kier molecular flexibility index (Phi) is 4.83. The van der Waals surface area contributed by atoms with E-state index in [1.807, 2.05) is 30.3 Å². The number of benzene rings is 1. The van der Waals surface area contributed by atoms with E-state index in [4.69, 9.17) is 0 Å². The van der Waals surface area contributed by atoms with Gasteiger partial charge >= 0.3 is 0 Å². The number of para-hydroxylation sites is 1. The highest BCUT2D eigenvalue weighted by Crippen LogP contribution is 2.62. The van der Waals surface area contributed by atoms with Crippen LogP contribution in [0.2, 0.25) is 0 Å². The number of nitrogens with one attached hydrogen (secondary N) is 2. The van der Waals surface area contributed by atoms with Crippen molar-refractivity contribution in [2.45, 2.75) is 51.9 Å². The summed E-state index contributed by atoms with van der Waals surface area (Å²) in [5.41, 5.74) is 3.07. The Morgan fingerprint density at radius 2 is 1.67 bits per heavy atom. The van der Waals surface area contributed by atoms with Crippen molar-refractivity contribution in [3.8, 4) is 0 Å². The summed E-state index contributed by atoms with van der Waals surface area (Å²) in [5.74, 6) is 2.48. The van der Waals surface area contributed by atoms with Crippen LogP contribution in [-0.4, -0.2) is 18.9 Å². The maximum absolute atomic E-state index is 12.7. The number of carbonyl (C=O) groups excluding carboxylic acids is 2. The predicted octanol–water partition coefficient (Wildman–Crippen LogP) is 4.08. The number of hydrogen-bond acceptors (Lipinski definition) is 2. The SMILES string of the molecule is CNC(=O)Cc1ccccc1NC(=O)/C=C(/C)C12CC3CC(CC(C3)C1)C2. The molecule has 2 amide bonds. The zero-order chi connectivity index (χ0) is 19.0. The second-order valence-corrected chi connectivity index (χ2v) is 9.02. The molecule has 4 aliphatic carbocycles. The third-order valence-electron chi connectivity index (χ3n) is 7.13. The smallest absolute Gasteiger partial charge is 0.248 e. The van der Waals surface area contributed by atoms with Gasteiger partial charge in [-0.05, 0) is 80.2 Å². The normalized spacial score (nSPS) is 31.6. The number of amides is 2. The topological polar surface area (TPSA) is 58.2 Å². The van der Waals surface area contributed by atoms with Gasteiger partial charge in [-0.25, -0.2) is 0 Å². The molecule has 0 saturated heterocycles. The molecule has 0 spiro atoms. The fourth-order valence-electron chi connectivity index (χ4n) is 6.17. The third kappa shape index (κ3) is 3.67. The van der Waals surface area contributed by atoms with E-state index < -0.39 is 0 Å². The molecule has 0 aliphatic heterocycles. The molecule has 0 heterocycles. The molecule has 4 bridgehead atoms. The minimum Gasteiger partial charge on any atom is -0.359 e. The van der Waals surface area contributed by atoms with Crippen LogP contribution in [-0.2, 0) is 16.0 Å². The van der Waals surface area contributed by atoms with E-state index in [0.29, 0.717) is 0 Å². The molecule has 2 N–H and O–H groups in total. The van der Waals surface area contributed by atoms with Crippen molar-refractivity contribution in [1.29, 1.82) is 0 Å². The lowest BCUT2D eigenvalue weighted by atomic mass is 9.48. The van der Waals surface area contributed by atoms with Crippen molar-refractivity contribution in [3.05, 3.63) is 41.5 Å². The van der Waals surface area contributed by atoms with Gasteiger partial charge in [0.05, 0.1) is 6.42 Å². The zero-order valence-corrected chi connectivity index (χ0v) is 16.4. The Balaban J connectivity index is 1.49. The molecule has 1 aromatic carbocycles. The molecule has 4 aliphatic rings. The summed E-state index contributed by atoms with van der Waals surface area (Å²) in [6.45, 7) is 2.16. The Labute approximate surface area is 161 Å². The van der Waals surface area contributed by atoms with Gasteiger partial charge in [0.15, 0.2) is 0 Å². The summed E-state index contributed by atoms with van der Waals surface area (Å²) in [7, 11) is 1.63. The molecular formula is C23H30N2O2. The number of anilines is 1. The molecule has 4 fully saturated rings. The van der Waals surface area contributed by atoms with Crippen molar-refractivity contribution in [2.75, 3.05) is 12.4 Å². The standard InChI is InChI=1S/C23H30N2O2/c1-15(23-12-16-8-17(13-23)10-18(9-16)14-23)7-22(27)25-20-6-4-3-5-19(20)11-21(26)24-2/h3-7,16-18H,8-14H2,1-2H3,(H,24,26)(H,25,27)/b15-7-. The summed E-state index contributed by atoms with van der Waals surface area (Å²) in [6, 6.07) is 7.54. The molecule has 0 unspecified atom stereocenters. The van der Waals surface area contributed by atoms with Gasteiger partial charge < -0.3 is 10.6 Å². The first-order valence-electron chi connectivity index (χ1n) is 10.3. The number of likely N-dealkylation sites (N-methyl/N-ethyl adjacent to an activating group) is 1. The minimum atomic E-state index is -0.0763. The largest absolute Gasteiger partial charge is 0.359 e. The van der Waals surface area contributed by atoms with E-state index in [0.717, 1.165) is 29.0 Å². The van der Waals surface area contributed by atoms with E-state index in [1.165, 1.54) is 44.1 Å². The van der Waals surface area contributed by atoms with E-state index >= 15 is 0 Å². The first kappa shape index (κ1) is 18.3. The average molecular weight is 367 g/mol. The van der Waals surface area contributed by atoms with Crippen LogP contribution in [0.5, 0.6) is 0 Å². The predicted molar refractivity (Wildman–Crippen MR) is 107 cm³/mol. The monoisotopic (exact) mass is 366 g/mol. The van der Waals surface area contributed by atoms with E-state index in [1.54, 1.807) is 7.05 Å². The van der Waals surface area contributed by atoms with Crippen LogP contribution < -0.4 is 10.6 Å². The van der Waals surface area contributed by atoms with Gasteiger partial charge in [0, 0.05) is 18.8 Å². The molecule has 4 heteroatoms. The van der Waals surface area contributed by atoms with Crippen LogP contribution in [0.4, 0.5) is 5.69 Å². The molecule has 1 aromatic rings. The van der Waals surface area contributed by atoms with E-state index in [2.05, 4.69) is 17.6 Å². The van der Waals surface area contributed by atoms with Crippen LogP contribution in [0.25, 0.3) is 0 Å². The second kappa shape index (κ2) is 7.14. The summed E-state index contributed by atoms with van der Waals surface area (Å²) >= 11 is 0.